The number of anilines is 3. The fraction of sp³-hybridized carbons (Fsp3) is 0.150. The van der Waals surface area contributed by atoms with Gasteiger partial charge in [-0.1, -0.05) is 0 Å². The monoisotopic (exact) mass is 543 g/mol. The van der Waals surface area contributed by atoms with Gasteiger partial charge in [-0.05, 0) is 59.0 Å². The van der Waals surface area contributed by atoms with Gasteiger partial charge in [0.2, 0.25) is 5.95 Å². The van der Waals surface area contributed by atoms with Crippen LogP contribution >= 0.6 is 22.6 Å². The van der Waals surface area contributed by atoms with Gasteiger partial charge in [-0.15, -0.1) is 0 Å². The van der Waals surface area contributed by atoms with Gasteiger partial charge in [-0.3, -0.25) is 4.79 Å². The summed E-state index contributed by atoms with van der Waals surface area (Å²) in [6, 6.07) is 7.44. The second-order valence-electron chi connectivity index (χ2n) is 6.57. The standard InChI is InChI=1S/C20H17F3IN5O2/c1-29(9-16(30)15-6-7-26-20(25)28-15)19(31)11-3-4-12(21)17(23)18(11)27-14-5-2-10(24)8-13(14)22/h2-8,16,27,30H,9H2,1H3,(H2,25,26,28). The van der Waals surface area contributed by atoms with Crippen molar-refractivity contribution in [2.24, 2.45) is 0 Å². The van der Waals surface area contributed by atoms with Gasteiger partial charge in [0.1, 0.15) is 11.9 Å². The van der Waals surface area contributed by atoms with Gasteiger partial charge in [0, 0.05) is 16.8 Å². The molecule has 1 aromatic heterocycles. The van der Waals surface area contributed by atoms with E-state index in [0.717, 1.165) is 17.0 Å². The number of nitrogens with two attached hydrogens (primary N) is 1. The van der Waals surface area contributed by atoms with E-state index >= 15 is 0 Å². The summed E-state index contributed by atoms with van der Waals surface area (Å²) in [6.07, 6.45) is 0.157. The topological polar surface area (TPSA) is 104 Å². The minimum Gasteiger partial charge on any atom is -0.385 e. The SMILES string of the molecule is CN(CC(O)c1ccnc(N)n1)C(=O)c1ccc(F)c(F)c1Nc1ccc(I)cc1F. The summed E-state index contributed by atoms with van der Waals surface area (Å²) in [5.41, 5.74) is 4.80. The Morgan fingerprint density at radius 2 is 1.97 bits per heavy atom. The van der Waals surface area contributed by atoms with E-state index in [9.17, 15) is 23.1 Å². The van der Waals surface area contributed by atoms with Crippen molar-refractivity contribution >= 4 is 45.8 Å². The van der Waals surface area contributed by atoms with Gasteiger partial charge in [0.25, 0.3) is 5.91 Å². The highest BCUT2D eigenvalue weighted by molar-refractivity contribution is 14.1. The number of nitrogens with one attached hydrogen (secondary N) is 1. The molecule has 0 bridgehead atoms. The van der Waals surface area contributed by atoms with Crippen LogP contribution in [0.15, 0.2) is 42.6 Å². The van der Waals surface area contributed by atoms with Crippen LogP contribution < -0.4 is 11.1 Å². The predicted molar refractivity (Wildman–Crippen MR) is 117 cm³/mol. The van der Waals surface area contributed by atoms with Crippen LogP contribution in [0.5, 0.6) is 0 Å². The van der Waals surface area contributed by atoms with E-state index < -0.39 is 35.2 Å². The van der Waals surface area contributed by atoms with Crippen LogP contribution in [0.25, 0.3) is 0 Å². The molecule has 2 aromatic carbocycles. The molecule has 1 atom stereocenters. The lowest BCUT2D eigenvalue weighted by atomic mass is 10.1. The maximum atomic E-state index is 14.5. The second kappa shape index (κ2) is 9.47. The van der Waals surface area contributed by atoms with Crippen molar-refractivity contribution in [1.29, 1.82) is 0 Å². The van der Waals surface area contributed by atoms with E-state index in [2.05, 4.69) is 15.3 Å². The number of carbonyl (C=O) groups is 1. The first-order valence-corrected chi connectivity index (χ1v) is 9.97. The van der Waals surface area contributed by atoms with E-state index in [1.807, 2.05) is 22.6 Å². The number of likely N-dealkylation sites (N-methyl/N-ethyl adjacent to an activating group) is 1. The summed E-state index contributed by atoms with van der Waals surface area (Å²) in [6.45, 7) is -0.217. The average molecular weight is 543 g/mol. The van der Waals surface area contributed by atoms with Crippen molar-refractivity contribution in [3.63, 3.8) is 0 Å². The van der Waals surface area contributed by atoms with Gasteiger partial charge in [0.15, 0.2) is 11.6 Å². The number of hydrogen-bond acceptors (Lipinski definition) is 6. The number of aliphatic hydroxyl groups is 1. The molecule has 0 aliphatic heterocycles. The number of aliphatic hydroxyl groups excluding tert-OH is 1. The second-order valence-corrected chi connectivity index (χ2v) is 7.82. The Morgan fingerprint density at radius 1 is 1.23 bits per heavy atom. The number of nitrogens with zero attached hydrogens (tertiary/aromatic N) is 3. The predicted octanol–water partition coefficient (Wildman–Crippen LogP) is 3.63. The zero-order chi connectivity index (χ0) is 22.7. The Bertz CT molecular complexity index is 1130. The fourth-order valence-corrected chi connectivity index (χ4v) is 3.25. The van der Waals surface area contributed by atoms with E-state index in [-0.39, 0.29) is 29.4 Å². The van der Waals surface area contributed by atoms with Gasteiger partial charge in [-0.2, -0.15) is 0 Å². The first-order valence-electron chi connectivity index (χ1n) is 8.89. The maximum absolute atomic E-state index is 14.5. The van der Waals surface area contributed by atoms with E-state index in [1.165, 1.54) is 31.4 Å². The Labute approximate surface area is 189 Å². The lowest BCUT2D eigenvalue weighted by Crippen LogP contribution is -2.32. The Morgan fingerprint density at radius 3 is 2.65 bits per heavy atom. The van der Waals surface area contributed by atoms with Crippen LogP contribution in [-0.2, 0) is 0 Å². The fourth-order valence-electron chi connectivity index (χ4n) is 2.79. The molecule has 0 spiro atoms. The number of halogens is 4. The average Bonchev–Trinajstić information content (AvgIpc) is 2.72. The Kier molecular flexibility index (Phi) is 6.95. The molecule has 3 rings (SSSR count). The minimum absolute atomic E-state index is 0.0443. The zero-order valence-electron chi connectivity index (χ0n) is 16.1. The minimum atomic E-state index is -1.33. The number of carbonyl (C=O) groups excluding carboxylic acids is 1. The lowest BCUT2D eigenvalue weighted by molar-refractivity contribution is 0.0675. The molecule has 1 unspecified atom stereocenters. The summed E-state index contributed by atoms with van der Waals surface area (Å²) in [5.74, 6) is -4.00. The van der Waals surface area contributed by atoms with Crippen molar-refractivity contribution in [2.75, 3.05) is 24.6 Å². The summed E-state index contributed by atoms with van der Waals surface area (Å²) >= 11 is 1.91. The molecular weight excluding hydrogens is 526 g/mol. The highest BCUT2D eigenvalue weighted by Gasteiger charge is 2.24. The Balaban J connectivity index is 1.89. The van der Waals surface area contributed by atoms with E-state index in [1.54, 1.807) is 6.07 Å². The zero-order valence-corrected chi connectivity index (χ0v) is 18.3. The maximum Gasteiger partial charge on any atom is 0.255 e. The molecule has 0 saturated carbocycles. The van der Waals surface area contributed by atoms with Crippen LogP contribution in [-0.4, -0.2) is 39.5 Å². The van der Waals surface area contributed by atoms with Crippen LogP contribution in [0.3, 0.4) is 0 Å². The van der Waals surface area contributed by atoms with Gasteiger partial charge in [0.05, 0.1) is 29.2 Å². The molecular formula is C20H17F3IN5O2. The van der Waals surface area contributed by atoms with E-state index in [4.69, 9.17) is 5.73 Å². The van der Waals surface area contributed by atoms with Gasteiger partial charge >= 0.3 is 0 Å². The van der Waals surface area contributed by atoms with E-state index in [0.29, 0.717) is 3.57 Å². The first-order chi connectivity index (χ1) is 14.7. The molecule has 0 fully saturated rings. The third-order valence-corrected chi connectivity index (χ3v) is 5.02. The molecule has 162 valence electrons. The highest BCUT2D eigenvalue weighted by atomic mass is 127. The van der Waals surface area contributed by atoms with Crippen LogP contribution in [0.1, 0.15) is 22.2 Å². The van der Waals surface area contributed by atoms with Crippen molar-refractivity contribution in [2.45, 2.75) is 6.10 Å². The summed E-state index contributed by atoms with van der Waals surface area (Å²) in [5, 5.41) is 12.8. The lowest BCUT2D eigenvalue weighted by Gasteiger charge is -2.22. The third-order valence-electron chi connectivity index (χ3n) is 4.35. The molecule has 1 heterocycles. The molecule has 1 amide bonds. The van der Waals surface area contributed by atoms with Crippen molar-refractivity contribution in [1.82, 2.24) is 14.9 Å². The molecule has 0 saturated heterocycles. The largest absolute Gasteiger partial charge is 0.385 e. The molecule has 31 heavy (non-hydrogen) atoms. The summed E-state index contributed by atoms with van der Waals surface area (Å²) in [7, 11) is 1.37. The van der Waals surface area contributed by atoms with Crippen LogP contribution in [0.4, 0.5) is 30.5 Å². The molecule has 0 radical (unpaired) electrons. The Hall–Kier alpha value is -2.93. The van der Waals surface area contributed by atoms with Gasteiger partial charge in [-0.25, -0.2) is 23.1 Å². The first kappa shape index (κ1) is 22.7. The summed E-state index contributed by atoms with van der Waals surface area (Å²) in [4.78, 5) is 21.6. The summed E-state index contributed by atoms with van der Waals surface area (Å²) < 4.78 is 43.2. The van der Waals surface area contributed by atoms with Crippen molar-refractivity contribution in [3.8, 4) is 0 Å². The molecule has 0 aliphatic rings. The molecule has 3 aromatic rings. The highest BCUT2D eigenvalue weighted by Crippen LogP contribution is 2.29. The molecule has 0 aliphatic carbocycles. The quantitative estimate of drug-likeness (QED) is 0.411. The molecule has 7 nitrogen and oxygen atoms in total. The number of hydrogen-bond donors (Lipinski definition) is 3. The van der Waals surface area contributed by atoms with Crippen molar-refractivity contribution < 1.29 is 23.1 Å². The van der Waals surface area contributed by atoms with Crippen molar-refractivity contribution in [3.05, 3.63) is 74.9 Å². The smallest absolute Gasteiger partial charge is 0.255 e. The number of benzene rings is 2. The number of aromatic nitrogens is 2. The number of rotatable bonds is 6. The van der Waals surface area contributed by atoms with Crippen LogP contribution in [0, 0.1) is 21.0 Å². The van der Waals surface area contributed by atoms with Gasteiger partial charge < -0.3 is 21.1 Å². The molecule has 4 N–H and O–H groups in total. The molecule has 11 heteroatoms. The number of amides is 1. The third kappa shape index (κ3) is 5.22. The normalized spacial score (nSPS) is 11.8. The number of nitrogen functional groups attached to an aromatic ring is 1. The van der Waals surface area contributed by atoms with Crippen LogP contribution in [0.2, 0.25) is 0 Å².